The van der Waals surface area contributed by atoms with Gasteiger partial charge in [0.1, 0.15) is 11.1 Å². The smallest absolute Gasteiger partial charge is 0.212 e. The Hall–Kier alpha value is -1.29. The van der Waals surface area contributed by atoms with Gasteiger partial charge in [0.05, 0.1) is 6.20 Å². The second-order valence-electron chi connectivity index (χ2n) is 3.47. The number of aryl methyl sites for hydroxylation is 2. The first kappa shape index (κ1) is 10.2. The van der Waals surface area contributed by atoms with E-state index < -0.39 is 0 Å². The average molecular weight is 226 g/mol. The molecule has 0 aliphatic rings. The molecule has 2 rings (SSSR count). The van der Waals surface area contributed by atoms with Crippen LogP contribution >= 0.6 is 11.6 Å². The lowest BCUT2D eigenvalue weighted by Crippen LogP contribution is -1.91. The van der Waals surface area contributed by atoms with Crippen LogP contribution in [0.2, 0.25) is 0 Å². The first-order valence-corrected chi connectivity index (χ1v) is 5.12. The Morgan fingerprint density at radius 2 is 2.27 bits per heavy atom. The van der Waals surface area contributed by atoms with E-state index in [-0.39, 0.29) is 5.38 Å². The van der Waals surface area contributed by atoms with Gasteiger partial charge in [-0.1, -0.05) is 0 Å². The summed E-state index contributed by atoms with van der Waals surface area (Å²) in [5, 5.41) is 4.07. The van der Waals surface area contributed by atoms with Crippen molar-refractivity contribution < 1.29 is 4.42 Å². The highest BCUT2D eigenvalue weighted by Crippen LogP contribution is 2.24. The van der Waals surface area contributed by atoms with Crippen molar-refractivity contribution in [2.24, 2.45) is 7.05 Å². The molecule has 80 valence electrons. The Bertz CT molecular complexity index is 453. The minimum absolute atomic E-state index is 0.219. The van der Waals surface area contributed by atoms with Crippen molar-refractivity contribution in [3.63, 3.8) is 0 Å². The van der Waals surface area contributed by atoms with E-state index in [0.717, 1.165) is 11.4 Å². The van der Waals surface area contributed by atoms with Gasteiger partial charge in [0.2, 0.25) is 5.89 Å². The topological polar surface area (TPSA) is 43.9 Å². The minimum atomic E-state index is -0.219. The number of oxazole rings is 1. The molecule has 5 heteroatoms. The second kappa shape index (κ2) is 3.70. The maximum absolute atomic E-state index is 5.86. The summed E-state index contributed by atoms with van der Waals surface area (Å²) in [5.74, 6) is 1.18. The highest BCUT2D eigenvalue weighted by molar-refractivity contribution is 6.20. The molecule has 0 radical (unpaired) electrons. The SMILES string of the molecule is Cc1cc(-c2cnc(C(C)Cl)o2)nn1C. The maximum atomic E-state index is 5.86. The number of halogens is 1. The van der Waals surface area contributed by atoms with Crippen molar-refractivity contribution in [2.75, 3.05) is 0 Å². The number of rotatable bonds is 2. The molecule has 0 bridgehead atoms. The molecule has 1 unspecified atom stereocenters. The molecule has 0 aliphatic carbocycles. The summed E-state index contributed by atoms with van der Waals surface area (Å²) in [6, 6.07) is 1.95. The summed E-state index contributed by atoms with van der Waals surface area (Å²) in [5.41, 5.74) is 1.85. The van der Waals surface area contributed by atoms with Gasteiger partial charge in [-0.3, -0.25) is 4.68 Å². The number of nitrogens with zero attached hydrogens (tertiary/aromatic N) is 3. The molecule has 1 atom stereocenters. The fourth-order valence-electron chi connectivity index (χ4n) is 1.27. The van der Waals surface area contributed by atoms with Crippen LogP contribution in [0.4, 0.5) is 0 Å². The summed E-state index contributed by atoms with van der Waals surface area (Å²) in [4.78, 5) is 4.08. The van der Waals surface area contributed by atoms with E-state index >= 15 is 0 Å². The van der Waals surface area contributed by atoms with E-state index in [1.807, 2.05) is 27.0 Å². The van der Waals surface area contributed by atoms with Crippen LogP contribution in [0.3, 0.4) is 0 Å². The zero-order chi connectivity index (χ0) is 11.0. The lowest BCUT2D eigenvalue weighted by Gasteiger charge is -1.93. The van der Waals surface area contributed by atoms with Crippen LogP contribution in [0.1, 0.15) is 23.9 Å². The van der Waals surface area contributed by atoms with E-state index in [9.17, 15) is 0 Å². The summed E-state index contributed by atoms with van der Waals surface area (Å²) < 4.78 is 7.27. The van der Waals surface area contributed by atoms with Crippen molar-refractivity contribution in [3.8, 4) is 11.5 Å². The number of hydrogen-bond donors (Lipinski definition) is 0. The van der Waals surface area contributed by atoms with Crippen LogP contribution in [0, 0.1) is 6.92 Å². The molecule has 2 heterocycles. The Kier molecular flexibility index (Phi) is 2.52. The standard InChI is InChI=1S/C10H12ClN3O/c1-6-4-8(13-14(6)3)9-5-12-10(15-9)7(2)11/h4-5,7H,1-3H3. The quantitative estimate of drug-likeness (QED) is 0.738. The molecule has 15 heavy (non-hydrogen) atoms. The normalized spacial score (nSPS) is 13.1. The van der Waals surface area contributed by atoms with Gasteiger partial charge in [-0.15, -0.1) is 11.6 Å². The molecule has 4 nitrogen and oxygen atoms in total. The molecule has 0 spiro atoms. The molecule has 0 N–H and O–H groups in total. The summed E-state index contributed by atoms with van der Waals surface area (Å²) in [7, 11) is 1.89. The van der Waals surface area contributed by atoms with E-state index in [4.69, 9.17) is 16.0 Å². The summed E-state index contributed by atoms with van der Waals surface area (Å²) in [6.07, 6.45) is 1.65. The molecular weight excluding hydrogens is 214 g/mol. The fraction of sp³-hybridized carbons (Fsp3) is 0.400. The van der Waals surface area contributed by atoms with Gasteiger partial charge in [-0.2, -0.15) is 5.10 Å². The zero-order valence-electron chi connectivity index (χ0n) is 8.86. The fourth-order valence-corrected chi connectivity index (χ4v) is 1.37. The number of aromatic nitrogens is 3. The van der Waals surface area contributed by atoms with Gasteiger partial charge >= 0.3 is 0 Å². The third kappa shape index (κ3) is 1.90. The van der Waals surface area contributed by atoms with E-state index in [2.05, 4.69) is 10.1 Å². The first-order valence-electron chi connectivity index (χ1n) is 4.68. The van der Waals surface area contributed by atoms with Gasteiger partial charge in [0.25, 0.3) is 0 Å². The monoisotopic (exact) mass is 225 g/mol. The molecule has 0 amide bonds. The lowest BCUT2D eigenvalue weighted by atomic mass is 10.3. The average Bonchev–Trinajstić information content (AvgIpc) is 2.74. The van der Waals surface area contributed by atoms with E-state index in [0.29, 0.717) is 11.7 Å². The van der Waals surface area contributed by atoms with Crippen molar-refractivity contribution in [3.05, 3.63) is 23.8 Å². The van der Waals surface area contributed by atoms with Gasteiger partial charge in [0.15, 0.2) is 5.76 Å². The van der Waals surface area contributed by atoms with Crippen molar-refractivity contribution in [1.29, 1.82) is 0 Å². The van der Waals surface area contributed by atoms with E-state index in [1.54, 1.807) is 10.9 Å². The Balaban J connectivity index is 2.37. The van der Waals surface area contributed by atoms with Crippen LogP contribution in [0.25, 0.3) is 11.5 Å². The minimum Gasteiger partial charge on any atom is -0.437 e. The number of hydrogen-bond acceptors (Lipinski definition) is 3. The van der Waals surface area contributed by atoms with Crippen molar-refractivity contribution in [2.45, 2.75) is 19.2 Å². The number of alkyl halides is 1. The van der Waals surface area contributed by atoms with Gasteiger partial charge in [0, 0.05) is 12.7 Å². The van der Waals surface area contributed by atoms with Gasteiger partial charge < -0.3 is 4.42 Å². The molecule has 0 saturated carbocycles. The summed E-state index contributed by atoms with van der Waals surface area (Å²) in [6.45, 7) is 3.80. The Morgan fingerprint density at radius 1 is 1.53 bits per heavy atom. The first-order chi connectivity index (χ1) is 7.08. The molecule has 0 aliphatic heterocycles. The zero-order valence-corrected chi connectivity index (χ0v) is 9.62. The molecule has 0 saturated heterocycles. The van der Waals surface area contributed by atoms with Crippen LogP contribution in [-0.4, -0.2) is 14.8 Å². The molecule has 2 aromatic heterocycles. The van der Waals surface area contributed by atoms with Crippen LogP contribution < -0.4 is 0 Å². The van der Waals surface area contributed by atoms with E-state index in [1.165, 1.54) is 0 Å². The third-order valence-electron chi connectivity index (χ3n) is 2.23. The predicted octanol–water partition coefficient (Wildman–Crippen LogP) is 2.68. The molecular formula is C10H12ClN3O. The van der Waals surface area contributed by atoms with Gasteiger partial charge in [-0.05, 0) is 19.9 Å². The summed E-state index contributed by atoms with van der Waals surface area (Å²) >= 11 is 5.86. The van der Waals surface area contributed by atoms with Gasteiger partial charge in [-0.25, -0.2) is 4.98 Å². The molecule has 0 fully saturated rings. The van der Waals surface area contributed by atoms with Crippen molar-refractivity contribution >= 4 is 11.6 Å². The Labute approximate surface area is 92.9 Å². The predicted molar refractivity (Wildman–Crippen MR) is 57.7 cm³/mol. The van der Waals surface area contributed by atoms with Crippen LogP contribution in [0.15, 0.2) is 16.7 Å². The maximum Gasteiger partial charge on any atom is 0.212 e. The van der Waals surface area contributed by atoms with Crippen LogP contribution in [-0.2, 0) is 7.05 Å². The van der Waals surface area contributed by atoms with Crippen molar-refractivity contribution in [1.82, 2.24) is 14.8 Å². The third-order valence-corrected chi connectivity index (χ3v) is 2.42. The Morgan fingerprint density at radius 3 is 2.73 bits per heavy atom. The molecule has 0 aromatic carbocycles. The largest absolute Gasteiger partial charge is 0.437 e. The second-order valence-corrected chi connectivity index (χ2v) is 4.13. The highest BCUT2D eigenvalue weighted by atomic mass is 35.5. The van der Waals surface area contributed by atoms with Crippen LogP contribution in [0.5, 0.6) is 0 Å². The lowest BCUT2D eigenvalue weighted by molar-refractivity contribution is 0.505. The molecule has 2 aromatic rings. The highest BCUT2D eigenvalue weighted by Gasteiger charge is 2.13.